The Kier molecular flexibility index (Phi) is 4.93. The van der Waals surface area contributed by atoms with Crippen molar-refractivity contribution in [1.29, 1.82) is 0 Å². The highest BCUT2D eigenvalue weighted by Gasteiger charge is 2.22. The van der Waals surface area contributed by atoms with Crippen LogP contribution in [0.15, 0.2) is 11.4 Å². The number of sulfonamides is 1. The van der Waals surface area contributed by atoms with Crippen molar-refractivity contribution < 1.29 is 13.5 Å². The standard InChI is InChI=1S/C9H16ClN3O3S/c1-3-4-7(14)5-12-17(15,16)9-8(10)13(2)6-11-9/h6-7,12,14H,3-5H2,1-2H3. The number of hydrogen-bond donors (Lipinski definition) is 2. The second-order valence-corrected chi connectivity index (χ2v) is 5.79. The van der Waals surface area contributed by atoms with Crippen molar-refractivity contribution in [2.45, 2.75) is 30.9 Å². The zero-order valence-electron chi connectivity index (χ0n) is 9.72. The smallest absolute Gasteiger partial charge is 0.261 e. The molecule has 1 aromatic heterocycles. The summed E-state index contributed by atoms with van der Waals surface area (Å²) in [5.41, 5.74) is 0. The molecule has 1 rings (SSSR count). The number of halogens is 1. The summed E-state index contributed by atoms with van der Waals surface area (Å²) in [5, 5.41) is 9.28. The van der Waals surface area contributed by atoms with E-state index in [4.69, 9.17) is 11.6 Å². The molecule has 17 heavy (non-hydrogen) atoms. The molecule has 1 aromatic rings. The molecule has 0 aliphatic heterocycles. The van der Waals surface area contributed by atoms with E-state index in [0.29, 0.717) is 6.42 Å². The molecule has 98 valence electrons. The van der Waals surface area contributed by atoms with Crippen molar-refractivity contribution in [3.05, 3.63) is 11.5 Å². The van der Waals surface area contributed by atoms with E-state index < -0.39 is 16.1 Å². The third kappa shape index (κ3) is 3.67. The first-order chi connectivity index (χ1) is 7.88. The van der Waals surface area contributed by atoms with Gasteiger partial charge in [0.05, 0.1) is 12.4 Å². The first-order valence-corrected chi connectivity index (χ1v) is 7.09. The highest BCUT2D eigenvalue weighted by molar-refractivity contribution is 7.89. The van der Waals surface area contributed by atoms with Gasteiger partial charge in [-0.3, -0.25) is 0 Å². The highest BCUT2D eigenvalue weighted by atomic mass is 35.5. The molecule has 1 atom stereocenters. The molecule has 8 heteroatoms. The summed E-state index contributed by atoms with van der Waals surface area (Å²) in [5.74, 6) is 0. The first-order valence-electron chi connectivity index (χ1n) is 5.23. The largest absolute Gasteiger partial charge is 0.392 e. The van der Waals surface area contributed by atoms with Crippen LogP contribution in [-0.4, -0.2) is 35.7 Å². The second-order valence-electron chi connectivity index (χ2n) is 3.75. The van der Waals surface area contributed by atoms with Crippen molar-refractivity contribution in [3.63, 3.8) is 0 Å². The fourth-order valence-corrected chi connectivity index (χ4v) is 2.78. The van der Waals surface area contributed by atoms with E-state index in [0.717, 1.165) is 6.42 Å². The van der Waals surface area contributed by atoms with Gasteiger partial charge in [-0.2, -0.15) is 0 Å². The van der Waals surface area contributed by atoms with Crippen LogP contribution in [0.1, 0.15) is 19.8 Å². The number of aryl methyl sites for hydroxylation is 1. The Morgan fingerprint density at radius 2 is 2.29 bits per heavy atom. The molecule has 2 N–H and O–H groups in total. The molecular formula is C9H16ClN3O3S. The minimum atomic E-state index is -3.76. The Bertz CT molecular complexity index is 472. The van der Waals surface area contributed by atoms with E-state index in [1.54, 1.807) is 7.05 Å². The molecule has 0 amide bonds. The van der Waals surface area contributed by atoms with Crippen molar-refractivity contribution in [3.8, 4) is 0 Å². The Morgan fingerprint density at radius 1 is 1.65 bits per heavy atom. The molecule has 0 saturated carbocycles. The van der Waals surface area contributed by atoms with E-state index in [-0.39, 0.29) is 16.7 Å². The predicted molar refractivity (Wildman–Crippen MR) is 64.3 cm³/mol. The third-order valence-corrected chi connectivity index (χ3v) is 4.13. The predicted octanol–water partition coefficient (Wildman–Crippen LogP) is 0.513. The molecule has 0 saturated heterocycles. The molecule has 1 unspecified atom stereocenters. The quantitative estimate of drug-likeness (QED) is 0.796. The lowest BCUT2D eigenvalue weighted by molar-refractivity contribution is 0.167. The minimum Gasteiger partial charge on any atom is -0.392 e. The Balaban J connectivity index is 2.73. The lowest BCUT2D eigenvalue weighted by Gasteiger charge is -2.10. The fraction of sp³-hybridized carbons (Fsp3) is 0.667. The fourth-order valence-electron chi connectivity index (χ4n) is 1.28. The van der Waals surface area contributed by atoms with E-state index in [1.807, 2.05) is 6.92 Å². The summed E-state index contributed by atoms with van der Waals surface area (Å²) in [4.78, 5) is 3.71. The van der Waals surface area contributed by atoms with Gasteiger partial charge in [-0.05, 0) is 6.42 Å². The van der Waals surface area contributed by atoms with Gasteiger partial charge in [-0.25, -0.2) is 18.1 Å². The highest BCUT2D eigenvalue weighted by Crippen LogP contribution is 2.18. The molecule has 0 aliphatic carbocycles. The Morgan fingerprint density at radius 3 is 2.76 bits per heavy atom. The SMILES string of the molecule is CCCC(O)CNS(=O)(=O)c1ncn(C)c1Cl. The van der Waals surface area contributed by atoms with Gasteiger partial charge >= 0.3 is 0 Å². The molecule has 6 nitrogen and oxygen atoms in total. The van der Waals surface area contributed by atoms with Gasteiger partial charge in [0.1, 0.15) is 5.15 Å². The van der Waals surface area contributed by atoms with Gasteiger partial charge in [0.2, 0.25) is 5.03 Å². The molecule has 0 aromatic carbocycles. The van der Waals surface area contributed by atoms with E-state index in [9.17, 15) is 13.5 Å². The van der Waals surface area contributed by atoms with Gasteiger partial charge < -0.3 is 9.67 Å². The number of nitrogens with zero attached hydrogens (tertiary/aromatic N) is 2. The Labute approximate surface area is 106 Å². The summed E-state index contributed by atoms with van der Waals surface area (Å²) < 4.78 is 27.3. The van der Waals surface area contributed by atoms with Crippen molar-refractivity contribution in [2.75, 3.05) is 6.54 Å². The van der Waals surface area contributed by atoms with Crippen LogP contribution in [-0.2, 0) is 17.1 Å². The summed E-state index contributed by atoms with van der Waals surface area (Å²) in [6.45, 7) is 1.87. The average molecular weight is 282 g/mol. The molecule has 0 spiro atoms. The first kappa shape index (κ1) is 14.4. The van der Waals surface area contributed by atoms with Crippen LogP contribution in [0.3, 0.4) is 0 Å². The third-order valence-electron chi connectivity index (χ3n) is 2.22. The van der Waals surface area contributed by atoms with Crippen LogP contribution in [0.2, 0.25) is 5.15 Å². The van der Waals surface area contributed by atoms with Crippen molar-refractivity contribution in [2.24, 2.45) is 7.05 Å². The summed E-state index contributed by atoms with van der Waals surface area (Å²) >= 11 is 5.79. The lowest BCUT2D eigenvalue weighted by Crippen LogP contribution is -2.32. The van der Waals surface area contributed by atoms with Crippen LogP contribution >= 0.6 is 11.6 Å². The maximum absolute atomic E-state index is 11.8. The molecule has 0 radical (unpaired) electrons. The molecule has 0 bridgehead atoms. The van der Waals surface area contributed by atoms with Crippen LogP contribution in [0.5, 0.6) is 0 Å². The number of aliphatic hydroxyl groups excluding tert-OH is 1. The molecule has 0 fully saturated rings. The van der Waals surface area contributed by atoms with Crippen LogP contribution < -0.4 is 4.72 Å². The van der Waals surface area contributed by atoms with Crippen molar-refractivity contribution in [1.82, 2.24) is 14.3 Å². The maximum Gasteiger partial charge on any atom is 0.261 e. The van der Waals surface area contributed by atoms with Crippen LogP contribution in [0.25, 0.3) is 0 Å². The second kappa shape index (κ2) is 5.81. The van der Waals surface area contributed by atoms with Crippen molar-refractivity contribution >= 4 is 21.6 Å². The number of aliphatic hydroxyl groups is 1. The van der Waals surface area contributed by atoms with Gasteiger partial charge in [0, 0.05) is 13.6 Å². The zero-order chi connectivity index (χ0) is 13.1. The van der Waals surface area contributed by atoms with E-state index >= 15 is 0 Å². The summed E-state index contributed by atoms with van der Waals surface area (Å²) in [6.07, 6.45) is 1.95. The minimum absolute atomic E-state index is 0.0386. The van der Waals surface area contributed by atoms with E-state index in [1.165, 1.54) is 10.9 Å². The van der Waals surface area contributed by atoms with E-state index in [2.05, 4.69) is 9.71 Å². The number of imidazole rings is 1. The number of hydrogen-bond acceptors (Lipinski definition) is 4. The Hall–Kier alpha value is -0.630. The van der Waals surface area contributed by atoms with Crippen LogP contribution in [0, 0.1) is 0 Å². The maximum atomic E-state index is 11.8. The van der Waals surface area contributed by atoms with Gasteiger partial charge in [0.15, 0.2) is 0 Å². The van der Waals surface area contributed by atoms with Gasteiger partial charge in [0.25, 0.3) is 10.0 Å². The molecule has 1 heterocycles. The number of aromatic nitrogens is 2. The average Bonchev–Trinajstić information content (AvgIpc) is 2.58. The molecular weight excluding hydrogens is 266 g/mol. The number of rotatable bonds is 6. The van der Waals surface area contributed by atoms with Crippen LogP contribution in [0.4, 0.5) is 0 Å². The zero-order valence-corrected chi connectivity index (χ0v) is 11.3. The van der Waals surface area contributed by atoms with Gasteiger partial charge in [-0.1, -0.05) is 24.9 Å². The summed E-state index contributed by atoms with van der Waals surface area (Å²) in [6, 6.07) is 0. The lowest BCUT2D eigenvalue weighted by atomic mass is 10.2. The monoisotopic (exact) mass is 281 g/mol. The molecule has 0 aliphatic rings. The summed E-state index contributed by atoms with van der Waals surface area (Å²) in [7, 11) is -2.16. The normalized spacial score (nSPS) is 13.9. The van der Waals surface area contributed by atoms with Gasteiger partial charge in [-0.15, -0.1) is 0 Å². The number of nitrogens with one attached hydrogen (secondary N) is 1. The topological polar surface area (TPSA) is 84.2 Å².